The van der Waals surface area contributed by atoms with Crippen LogP contribution < -0.4 is 4.90 Å². The second-order valence-corrected chi connectivity index (χ2v) is 7.77. The normalized spacial score (nSPS) is 18.7. The maximum atomic E-state index is 13.2. The highest BCUT2D eigenvalue weighted by atomic mass is 35.5. The number of amides is 1. The summed E-state index contributed by atoms with van der Waals surface area (Å²) in [5, 5.41) is 22.0. The van der Waals surface area contributed by atoms with Gasteiger partial charge in [-0.3, -0.25) is 34.7 Å². The summed E-state index contributed by atoms with van der Waals surface area (Å²) in [6, 6.07) is 9.70. The zero-order valence-corrected chi connectivity index (χ0v) is 16.9. The zero-order valence-electron chi connectivity index (χ0n) is 16.1. The van der Waals surface area contributed by atoms with Crippen LogP contribution in [0.2, 0.25) is 5.02 Å². The summed E-state index contributed by atoms with van der Waals surface area (Å²) in [6.07, 6.45) is 1.37. The van der Waals surface area contributed by atoms with Crippen molar-refractivity contribution >= 4 is 40.4 Å². The van der Waals surface area contributed by atoms with Gasteiger partial charge in [0.2, 0.25) is 5.91 Å². The lowest BCUT2D eigenvalue weighted by Crippen LogP contribution is -2.40. The van der Waals surface area contributed by atoms with Crippen LogP contribution in [-0.4, -0.2) is 21.5 Å². The number of anilines is 1. The highest BCUT2D eigenvalue weighted by Gasteiger charge is 2.40. The number of nitro groups is 2. The molecule has 1 aliphatic heterocycles. The number of carbonyl (C=O) groups is 2. The molecule has 9 nitrogen and oxygen atoms in total. The van der Waals surface area contributed by atoms with Crippen molar-refractivity contribution in [2.45, 2.75) is 31.6 Å². The Bertz CT molecular complexity index is 1160. The van der Waals surface area contributed by atoms with E-state index >= 15 is 0 Å². The van der Waals surface area contributed by atoms with E-state index < -0.39 is 15.8 Å². The first kappa shape index (κ1) is 20.7. The molecule has 2 aromatic rings. The molecular weight excluding hydrogens is 426 g/mol. The van der Waals surface area contributed by atoms with Crippen LogP contribution in [0.4, 0.5) is 17.1 Å². The minimum absolute atomic E-state index is 0.0182. The quantitative estimate of drug-likeness (QED) is 0.501. The van der Waals surface area contributed by atoms with Crippen LogP contribution in [0.25, 0.3) is 0 Å². The van der Waals surface area contributed by atoms with Crippen LogP contribution in [0, 0.1) is 20.2 Å². The Balaban J connectivity index is 1.82. The van der Waals surface area contributed by atoms with Crippen LogP contribution in [0.3, 0.4) is 0 Å². The van der Waals surface area contributed by atoms with Gasteiger partial charge in [0.1, 0.15) is 0 Å². The molecule has 4 rings (SSSR count). The summed E-state index contributed by atoms with van der Waals surface area (Å²) in [6.45, 7) is 0. The number of carbonyl (C=O) groups excluding carboxylic acids is 2. The van der Waals surface area contributed by atoms with Gasteiger partial charge in [-0.05, 0) is 24.5 Å². The van der Waals surface area contributed by atoms with E-state index in [4.69, 9.17) is 11.6 Å². The molecule has 1 amide bonds. The van der Waals surface area contributed by atoms with E-state index in [1.165, 1.54) is 35.2 Å². The second-order valence-electron chi connectivity index (χ2n) is 7.36. The van der Waals surface area contributed by atoms with Crippen molar-refractivity contribution < 1.29 is 19.4 Å². The molecule has 0 radical (unpaired) electrons. The highest BCUT2D eigenvalue weighted by Crippen LogP contribution is 2.45. The van der Waals surface area contributed by atoms with Gasteiger partial charge in [0.15, 0.2) is 5.78 Å². The van der Waals surface area contributed by atoms with E-state index in [1.54, 1.807) is 12.1 Å². The van der Waals surface area contributed by atoms with E-state index in [9.17, 15) is 29.8 Å². The molecule has 0 N–H and O–H groups in total. The third-order valence-corrected chi connectivity index (χ3v) is 5.87. The maximum Gasteiger partial charge on any atom is 0.271 e. The van der Waals surface area contributed by atoms with E-state index in [0.717, 1.165) is 0 Å². The molecule has 158 valence electrons. The number of rotatable bonds is 4. The number of non-ortho nitro benzene ring substituents is 2. The first-order valence-electron chi connectivity index (χ1n) is 9.55. The third-order valence-electron chi connectivity index (χ3n) is 5.56. The van der Waals surface area contributed by atoms with Crippen molar-refractivity contribution in [1.82, 2.24) is 0 Å². The summed E-state index contributed by atoms with van der Waals surface area (Å²) < 4.78 is 0. The largest absolute Gasteiger partial charge is 0.294 e. The summed E-state index contributed by atoms with van der Waals surface area (Å²) in [7, 11) is 0. The number of Topliss-reactive ketones (excluding diaryl/α,β-unsaturated/α-hetero) is 1. The van der Waals surface area contributed by atoms with Gasteiger partial charge >= 0.3 is 0 Å². The average Bonchev–Trinajstić information content (AvgIpc) is 2.74. The van der Waals surface area contributed by atoms with E-state index in [0.29, 0.717) is 41.8 Å². The number of benzene rings is 2. The Kier molecular flexibility index (Phi) is 5.28. The van der Waals surface area contributed by atoms with E-state index in [2.05, 4.69) is 0 Å². The van der Waals surface area contributed by atoms with Crippen LogP contribution in [0.1, 0.15) is 37.2 Å². The Hall–Kier alpha value is -3.59. The Morgan fingerprint density at radius 3 is 2.19 bits per heavy atom. The lowest BCUT2D eigenvalue weighted by Gasteiger charge is -2.38. The van der Waals surface area contributed by atoms with Crippen molar-refractivity contribution in [3.8, 4) is 0 Å². The maximum absolute atomic E-state index is 13.2. The summed E-state index contributed by atoms with van der Waals surface area (Å²) in [5.41, 5.74) is 1.70. The smallest absolute Gasteiger partial charge is 0.271 e. The number of hydrogen-bond donors (Lipinski definition) is 0. The van der Waals surface area contributed by atoms with Crippen molar-refractivity contribution in [2.24, 2.45) is 0 Å². The summed E-state index contributed by atoms with van der Waals surface area (Å²) >= 11 is 6.27. The van der Waals surface area contributed by atoms with Gasteiger partial charge in [0.25, 0.3) is 11.4 Å². The standard InChI is InChI=1S/C21H16ClN3O6/c22-16-10-14(25(30)31)8-9-17(16)23-18-2-1-3-19(26)21(18)15(11-20(23)27)12-4-6-13(7-5-12)24(28)29/h4-10,15H,1-3,11H2. The van der Waals surface area contributed by atoms with Crippen LogP contribution in [0.5, 0.6) is 0 Å². The second kappa shape index (κ2) is 7.92. The molecule has 0 bridgehead atoms. The molecular formula is C21H16ClN3O6. The molecule has 10 heteroatoms. The summed E-state index contributed by atoms with van der Waals surface area (Å²) in [5.74, 6) is -0.892. The fourth-order valence-electron chi connectivity index (χ4n) is 4.18. The average molecular weight is 442 g/mol. The molecule has 31 heavy (non-hydrogen) atoms. The zero-order chi connectivity index (χ0) is 22.3. The predicted octanol–water partition coefficient (Wildman–Crippen LogP) is 4.68. The number of halogens is 1. The monoisotopic (exact) mass is 441 g/mol. The molecule has 1 aliphatic carbocycles. The van der Waals surface area contributed by atoms with Crippen LogP contribution in [0.15, 0.2) is 53.7 Å². The molecule has 0 saturated heterocycles. The third kappa shape index (κ3) is 3.68. The first-order chi connectivity index (χ1) is 14.8. The Morgan fingerprint density at radius 2 is 1.58 bits per heavy atom. The topological polar surface area (TPSA) is 124 Å². The molecule has 1 atom stereocenters. The number of nitro benzene ring substituents is 2. The molecule has 0 spiro atoms. The van der Waals surface area contributed by atoms with Gasteiger partial charge in [0.05, 0.1) is 20.6 Å². The molecule has 2 aromatic carbocycles. The van der Waals surface area contributed by atoms with Gasteiger partial charge < -0.3 is 0 Å². The molecule has 0 aromatic heterocycles. The molecule has 0 fully saturated rings. The van der Waals surface area contributed by atoms with E-state index in [1.807, 2.05) is 0 Å². The number of nitrogens with zero attached hydrogens (tertiary/aromatic N) is 3. The predicted molar refractivity (Wildman–Crippen MR) is 112 cm³/mol. The van der Waals surface area contributed by atoms with Crippen molar-refractivity contribution in [3.05, 3.63) is 84.5 Å². The lowest BCUT2D eigenvalue weighted by molar-refractivity contribution is -0.385. The molecule has 2 aliphatic rings. The number of allylic oxidation sites excluding steroid dienone is 2. The minimum atomic E-state index is -0.576. The van der Waals surface area contributed by atoms with Crippen LogP contribution in [-0.2, 0) is 9.59 Å². The van der Waals surface area contributed by atoms with Gasteiger partial charge in [-0.25, -0.2) is 0 Å². The number of ketones is 1. The fraction of sp³-hybridized carbons (Fsp3) is 0.238. The Morgan fingerprint density at radius 1 is 0.935 bits per heavy atom. The van der Waals surface area contributed by atoms with Crippen molar-refractivity contribution in [1.29, 1.82) is 0 Å². The molecule has 1 heterocycles. The number of hydrogen-bond acceptors (Lipinski definition) is 6. The lowest BCUT2D eigenvalue weighted by atomic mass is 9.77. The fourth-order valence-corrected chi connectivity index (χ4v) is 4.44. The minimum Gasteiger partial charge on any atom is -0.294 e. The molecule has 1 unspecified atom stereocenters. The van der Waals surface area contributed by atoms with Gasteiger partial charge in [-0.15, -0.1) is 0 Å². The Labute approximate surface area is 181 Å². The van der Waals surface area contributed by atoms with Crippen LogP contribution >= 0.6 is 11.6 Å². The van der Waals surface area contributed by atoms with E-state index in [-0.39, 0.29) is 34.5 Å². The van der Waals surface area contributed by atoms with Gasteiger partial charge in [-0.1, -0.05) is 23.7 Å². The molecule has 0 saturated carbocycles. The first-order valence-corrected chi connectivity index (χ1v) is 9.93. The van der Waals surface area contributed by atoms with Gasteiger partial charge in [0, 0.05) is 54.3 Å². The van der Waals surface area contributed by atoms with Crippen molar-refractivity contribution in [2.75, 3.05) is 4.90 Å². The van der Waals surface area contributed by atoms with Gasteiger partial charge in [-0.2, -0.15) is 0 Å². The summed E-state index contributed by atoms with van der Waals surface area (Å²) in [4.78, 5) is 48.3. The SMILES string of the molecule is O=C1CCCC2=C1C(c1ccc([N+](=O)[O-])cc1)CC(=O)N2c1ccc([N+](=O)[O-])cc1Cl. The highest BCUT2D eigenvalue weighted by molar-refractivity contribution is 6.34. The van der Waals surface area contributed by atoms with Crippen molar-refractivity contribution in [3.63, 3.8) is 0 Å².